The Bertz CT molecular complexity index is 507. The van der Waals surface area contributed by atoms with Crippen molar-refractivity contribution in [1.29, 1.82) is 0 Å². The number of hydrogen-bond acceptors (Lipinski definition) is 3. The SMILES string of the molecule is CCCCCCCCCCCCCCCCCCN(CCCCCCCCCCCCCCCCCC)C(C)CC(=O)[O-].[Na+]. The van der Waals surface area contributed by atoms with Crippen LogP contribution in [0.1, 0.15) is 233 Å². The Balaban J connectivity index is 0. The zero-order valence-electron chi connectivity index (χ0n) is 31.1. The average Bonchev–Trinajstić information content (AvgIpc) is 2.99. The summed E-state index contributed by atoms with van der Waals surface area (Å²) in [6, 6.07) is 0.0951. The molecule has 0 rings (SSSR count). The van der Waals surface area contributed by atoms with E-state index in [1.807, 2.05) is 0 Å². The minimum atomic E-state index is -0.906. The number of aliphatic carboxylic acids is 1. The zero-order chi connectivity index (χ0) is 31.5. The summed E-state index contributed by atoms with van der Waals surface area (Å²) in [5.41, 5.74) is 0. The summed E-state index contributed by atoms with van der Waals surface area (Å²) in [6.07, 6.45) is 44.7. The number of hydrogen-bond donors (Lipinski definition) is 0. The van der Waals surface area contributed by atoms with Crippen molar-refractivity contribution in [2.45, 2.75) is 239 Å². The Morgan fingerprint density at radius 2 is 0.636 bits per heavy atom. The molecule has 0 fully saturated rings. The van der Waals surface area contributed by atoms with Crippen LogP contribution >= 0.6 is 0 Å². The van der Waals surface area contributed by atoms with Gasteiger partial charge in [0.05, 0.1) is 0 Å². The Morgan fingerprint density at radius 3 is 0.841 bits per heavy atom. The Kier molecular flexibility index (Phi) is 41.9. The molecule has 0 aliphatic rings. The van der Waals surface area contributed by atoms with Gasteiger partial charge in [0.2, 0.25) is 0 Å². The molecule has 0 saturated carbocycles. The molecule has 44 heavy (non-hydrogen) atoms. The minimum Gasteiger partial charge on any atom is -0.550 e. The van der Waals surface area contributed by atoms with Gasteiger partial charge in [0.1, 0.15) is 0 Å². The van der Waals surface area contributed by atoms with Crippen LogP contribution in [0.2, 0.25) is 0 Å². The van der Waals surface area contributed by atoms with Gasteiger partial charge in [-0.05, 0) is 32.9 Å². The number of unbranched alkanes of at least 4 members (excludes halogenated alkanes) is 30. The van der Waals surface area contributed by atoms with Gasteiger partial charge in [-0.1, -0.05) is 206 Å². The molecular weight excluding hydrogens is 549 g/mol. The van der Waals surface area contributed by atoms with E-state index in [0.717, 1.165) is 13.1 Å². The van der Waals surface area contributed by atoms with Crippen LogP contribution in [0, 0.1) is 0 Å². The molecule has 0 radical (unpaired) electrons. The molecule has 4 heteroatoms. The van der Waals surface area contributed by atoms with E-state index in [1.165, 1.54) is 205 Å². The first-order chi connectivity index (χ1) is 21.1. The normalized spacial score (nSPS) is 12.1. The second kappa shape index (κ2) is 39.6. The third-order valence-electron chi connectivity index (χ3n) is 9.68. The van der Waals surface area contributed by atoms with Crippen molar-refractivity contribution >= 4 is 5.97 Å². The topological polar surface area (TPSA) is 43.4 Å². The predicted molar refractivity (Wildman–Crippen MR) is 190 cm³/mol. The monoisotopic (exact) mass is 630 g/mol. The van der Waals surface area contributed by atoms with Gasteiger partial charge in [0, 0.05) is 18.4 Å². The molecular formula is C40H80NNaO2. The van der Waals surface area contributed by atoms with Gasteiger partial charge in [0.15, 0.2) is 0 Å². The van der Waals surface area contributed by atoms with Crippen molar-refractivity contribution in [3.05, 3.63) is 0 Å². The summed E-state index contributed by atoms with van der Waals surface area (Å²) >= 11 is 0. The molecule has 1 unspecified atom stereocenters. The maximum Gasteiger partial charge on any atom is 1.00 e. The van der Waals surface area contributed by atoms with Gasteiger partial charge < -0.3 is 14.8 Å². The molecule has 258 valence electrons. The molecule has 3 nitrogen and oxygen atoms in total. The number of carbonyl (C=O) groups is 1. The van der Waals surface area contributed by atoms with Crippen LogP contribution in [0.5, 0.6) is 0 Å². The van der Waals surface area contributed by atoms with E-state index >= 15 is 0 Å². The van der Waals surface area contributed by atoms with E-state index in [1.54, 1.807) is 0 Å². The molecule has 0 bridgehead atoms. The molecule has 0 aromatic carbocycles. The molecule has 0 amide bonds. The van der Waals surface area contributed by atoms with Crippen LogP contribution in [0.25, 0.3) is 0 Å². The second-order valence-electron chi connectivity index (χ2n) is 14.1. The second-order valence-corrected chi connectivity index (χ2v) is 14.1. The number of carbonyl (C=O) groups excluding carboxylic acids is 1. The molecule has 0 aromatic rings. The van der Waals surface area contributed by atoms with E-state index in [2.05, 4.69) is 25.7 Å². The fraction of sp³-hybridized carbons (Fsp3) is 0.975. The van der Waals surface area contributed by atoms with Crippen LogP contribution in [0.3, 0.4) is 0 Å². The standard InChI is InChI=1S/C40H81NO2.Na/c1-4-6-8-10-12-14-16-18-20-22-24-26-28-30-32-34-36-41(39(3)38-40(42)43)37-35-33-31-29-27-25-23-21-19-17-15-13-11-9-7-5-2;/h39H,4-38H2,1-3H3,(H,42,43);/q;+1/p-1. The van der Waals surface area contributed by atoms with E-state index < -0.39 is 5.97 Å². The van der Waals surface area contributed by atoms with E-state index in [4.69, 9.17) is 0 Å². The molecule has 0 aliphatic heterocycles. The minimum absolute atomic E-state index is 0. The molecule has 0 spiro atoms. The summed E-state index contributed by atoms with van der Waals surface area (Å²) in [7, 11) is 0. The third kappa shape index (κ3) is 36.9. The molecule has 0 aromatic heterocycles. The Morgan fingerprint density at radius 1 is 0.432 bits per heavy atom. The van der Waals surface area contributed by atoms with Gasteiger partial charge in [-0.15, -0.1) is 0 Å². The van der Waals surface area contributed by atoms with Crippen molar-refractivity contribution < 1.29 is 39.5 Å². The molecule has 0 N–H and O–H groups in total. The van der Waals surface area contributed by atoms with Gasteiger partial charge in [-0.2, -0.15) is 0 Å². The number of rotatable bonds is 37. The number of carboxylic acids is 1. The Labute approximate surface area is 300 Å². The van der Waals surface area contributed by atoms with Crippen molar-refractivity contribution in [3.63, 3.8) is 0 Å². The van der Waals surface area contributed by atoms with Crippen molar-refractivity contribution in [2.24, 2.45) is 0 Å². The summed E-state index contributed by atoms with van der Waals surface area (Å²) in [4.78, 5) is 13.7. The van der Waals surface area contributed by atoms with E-state index in [0.29, 0.717) is 0 Å². The smallest absolute Gasteiger partial charge is 0.550 e. The van der Waals surface area contributed by atoms with Gasteiger partial charge in [0.25, 0.3) is 0 Å². The summed E-state index contributed by atoms with van der Waals surface area (Å²) < 4.78 is 0. The maximum absolute atomic E-state index is 11.2. The van der Waals surface area contributed by atoms with Crippen LogP contribution in [-0.2, 0) is 4.79 Å². The van der Waals surface area contributed by atoms with Crippen molar-refractivity contribution in [1.82, 2.24) is 4.90 Å². The van der Waals surface area contributed by atoms with Crippen LogP contribution < -0.4 is 34.7 Å². The van der Waals surface area contributed by atoms with E-state index in [9.17, 15) is 9.90 Å². The first-order valence-electron chi connectivity index (χ1n) is 20.1. The first kappa shape index (κ1) is 46.5. The molecule has 0 heterocycles. The summed E-state index contributed by atoms with van der Waals surface area (Å²) in [5.74, 6) is -0.906. The summed E-state index contributed by atoms with van der Waals surface area (Å²) in [5, 5.41) is 11.2. The maximum atomic E-state index is 11.2. The van der Waals surface area contributed by atoms with Crippen molar-refractivity contribution in [2.75, 3.05) is 13.1 Å². The third-order valence-corrected chi connectivity index (χ3v) is 9.68. The van der Waals surface area contributed by atoms with E-state index in [-0.39, 0.29) is 42.0 Å². The molecule has 0 aliphatic carbocycles. The Hall–Kier alpha value is 0.430. The van der Waals surface area contributed by atoms with Crippen LogP contribution in [-0.4, -0.2) is 30.0 Å². The zero-order valence-corrected chi connectivity index (χ0v) is 33.1. The quantitative estimate of drug-likeness (QED) is 0.0508. The van der Waals surface area contributed by atoms with Crippen LogP contribution in [0.4, 0.5) is 0 Å². The van der Waals surface area contributed by atoms with Gasteiger partial charge >= 0.3 is 29.6 Å². The first-order valence-corrected chi connectivity index (χ1v) is 20.1. The fourth-order valence-electron chi connectivity index (χ4n) is 6.65. The molecule has 0 saturated heterocycles. The van der Waals surface area contributed by atoms with Gasteiger partial charge in [-0.3, -0.25) is 0 Å². The average molecular weight is 630 g/mol. The largest absolute Gasteiger partial charge is 1.00 e. The fourth-order valence-corrected chi connectivity index (χ4v) is 6.65. The number of carboxylic acid groups (broad SMARTS) is 1. The predicted octanol–water partition coefficient (Wildman–Crippen LogP) is 9.34. The van der Waals surface area contributed by atoms with Crippen molar-refractivity contribution in [3.8, 4) is 0 Å². The molecule has 1 atom stereocenters. The van der Waals surface area contributed by atoms with Crippen LogP contribution in [0.15, 0.2) is 0 Å². The summed E-state index contributed by atoms with van der Waals surface area (Å²) in [6.45, 7) is 8.76. The number of nitrogens with zero attached hydrogens (tertiary/aromatic N) is 1. The van der Waals surface area contributed by atoms with Gasteiger partial charge in [-0.25, -0.2) is 0 Å².